The third kappa shape index (κ3) is 3.70. The van der Waals surface area contributed by atoms with E-state index in [4.69, 9.17) is 10.5 Å². The van der Waals surface area contributed by atoms with Crippen molar-refractivity contribution < 1.29 is 4.74 Å². The molecular formula is C10H15NOS. The van der Waals surface area contributed by atoms with E-state index in [0.717, 1.165) is 24.5 Å². The van der Waals surface area contributed by atoms with Gasteiger partial charge in [0.25, 0.3) is 0 Å². The molecule has 0 bridgehead atoms. The lowest BCUT2D eigenvalue weighted by Gasteiger charge is -2.03. The van der Waals surface area contributed by atoms with Crippen LogP contribution in [0, 0.1) is 0 Å². The Morgan fingerprint density at radius 1 is 1.46 bits per heavy atom. The Balaban J connectivity index is 2.46. The average Bonchev–Trinajstić information content (AvgIpc) is 2.19. The summed E-state index contributed by atoms with van der Waals surface area (Å²) >= 11 is 1.81. The minimum atomic E-state index is 0.761. The molecule has 0 heterocycles. The molecule has 0 atom stereocenters. The van der Waals surface area contributed by atoms with E-state index in [1.54, 1.807) is 7.11 Å². The molecule has 0 saturated carbocycles. The van der Waals surface area contributed by atoms with Crippen LogP contribution in [0.15, 0.2) is 29.2 Å². The van der Waals surface area contributed by atoms with E-state index in [0.29, 0.717) is 0 Å². The van der Waals surface area contributed by atoms with Crippen LogP contribution in [0.5, 0.6) is 5.75 Å². The van der Waals surface area contributed by atoms with Gasteiger partial charge in [-0.05, 0) is 36.9 Å². The average molecular weight is 197 g/mol. The van der Waals surface area contributed by atoms with E-state index < -0.39 is 0 Å². The van der Waals surface area contributed by atoms with Gasteiger partial charge in [-0.2, -0.15) is 0 Å². The van der Waals surface area contributed by atoms with Crippen molar-refractivity contribution >= 4 is 11.8 Å². The fourth-order valence-corrected chi connectivity index (χ4v) is 1.89. The summed E-state index contributed by atoms with van der Waals surface area (Å²) in [5.74, 6) is 1.99. The van der Waals surface area contributed by atoms with Crippen LogP contribution in [-0.4, -0.2) is 19.4 Å². The first kappa shape index (κ1) is 10.4. The highest BCUT2D eigenvalue weighted by molar-refractivity contribution is 7.99. The van der Waals surface area contributed by atoms with Gasteiger partial charge in [-0.3, -0.25) is 0 Å². The standard InChI is InChI=1S/C10H15NOS/c1-12-9-4-2-5-10(8-9)13-7-3-6-11/h2,4-5,8H,3,6-7,11H2,1H3. The van der Waals surface area contributed by atoms with Crippen molar-refractivity contribution in [1.29, 1.82) is 0 Å². The van der Waals surface area contributed by atoms with Gasteiger partial charge >= 0.3 is 0 Å². The summed E-state index contributed by atoms with van der Waals surface area (Å²) in [6.07, 6.45) is 1.06. The summed E-state index contributed by atoms with van der Waals surface area (Å²) in [6.45, 7) is 0.761. The SMILES string of the molecule is COc1cccc(SCCCN)c1. The van der Waals surface area contributed by atoms with Crippen LogP contribution in [0.4, 0.5) is 0 Å². The molecule has 0 aromatic heterocycles. The number of rotatable bonds is 5. The van der Waals surface area contributed by atoms with Gasteiger partial charge in [0, 0.05) is 4.90 Å². The Morgan fingerprint density at radius 3 is 3.00 bits per heavy atom. The molecule has 1 rings (SSSR count). The summed E-state index contributed by atoms with van der Waals surface area (Å²) in [4.78, 5) is 1.24. The molecule has 0 spiro atoms. The summed E-state index contributed by atoms with van der Waals surface area (Å²) in [5, 5.41) is 0. The van der Waals surface area contributed by atoms with E-state index in [1.165, 1.54) is 4.90 Å². The molecule has 0 amide bonds. The number of benzene rings is 1. The number of ether oxygens (including phenoxy) is 1. The van der Waals surface area contributed by atoms with E-state index in [9.17, 15) is 0 Å². The monoisotopic (exact) mass is 197 g/mol. The Morgan fingerprint density at radius 2 is 2.31 bits per heavy atom. The molecule has 1 aromatic rings. The van der Waals surface area contributed by atoms with E-state index in [2.05, 4.69) is 6.07 Å². The quantitative estimate of drug-likeness (QED) is 0.580. The minimum absolute atomic E-state index is 0.761. The number of hydrogen-bond donors (Lipinski definition) is 1. The first-order valence-electron chi connectivity index (χ1n) is 4.33. The van der Waals surface area contributed by atoms with Gasteiger partial charge in [0.15, 0.2) is 0 Å². The summed E-state index contributed by atoms with van der Waals surface area (Å²) < 4.78 is 5.12. The third-order valence-corrected chi connectivity index (χ3v) is 2.74. The zero-order chi connectivity index (χ0) is 9.52. The van der Waals surface area contributed by atoms with Gasteiger partial charge in [-0.1, -0.05) is 6.07 Å². The third-order valence-electron chi connectivity index (χ3n) is 1.66. The maximum atomic E-state index is 5.41. The van der Waals surface area contributed by atoms with E-state index in [1.807, 2.05) is 30.0 Å². The molecule has 2 nitrogen and oxygen atoms in total. The van der Waals surface area contributed by atoms with Crippen LogP contribution < -0.4 is 10.5 Å². The lowest BCUT2D eigenvalue weighted by atomic mass is 10.3. The van der Waals surface area contributed by atoms with E-state index in [-0.39, 0.29) is 0 Å². The fourth-order valence-electron chi connectivity index (χ4n) is 0.964. The molecule has 72 valence electrons. The highest BCUT2D eigenvalue weighted by atomic mass is 32.2. The lowest BCUT2D eigenvalue weighted by Crippen LogP contribution is -1.99. The predicted octanol–water partition coefficient (Wildman–Crippen LogP) is 2.14. The lowest BCUT2D eigenvalue weighted by molar-refractivity contribution is 0.413. The molecule has 0 aliphatic heterocycles. The second-order valence-electron chi connectivity index (χ2n) is 2.67. The molecule has 1 aromatic carbocycles. The van der Waals surface area contributed by atoms with Crippen LogP contribution in [-0.2, 0) is 0 Å². The minimum Gasteiger partial charge on any atom is -0.497 e. The van der Waals surface area contributed by atoms with Crippen molar-refractivity contribution in [3.05, 3.63) is 24.3 Å². The molecular weight excluding hydrogens is 182 g/mol. The van der Waals surface area contributed by atoms with Crippen LogP contribution in [0.1, 0.15) is 6.42 Å². The Kier molecular flexibility index (Phi) is 4.72. The van der Waals surface area contributed by atoms with Gasteiger partial charge in [0.05, 0.1) is 7.11 Å². The molecule has 13 heavy (non-hydrogen) atoms. The summed E-state index contributed by atoms with van der Waals surface area (Å²) in [5.41, 5.74) is 5.41. The van der Waals surface area contributed by atoms with Crippen LogP contribution in [0.3, 0.4) is 0 Å². The second-order valence-corrected chi connectivity index (χ2v) is 3.84. The molecule has 0 aliphatic rings. The van der Waals surface area contributed by atoms with Crippen LogP contribution >= 0.6 is 11.8 Å². The van der Waals surface area contributed by atoms with Crippen molar-refractivity contribution in [2.24, 2.45) is 5.73 Å². The number of thioether (sulfide) groups is 1. The van der Waals surface area contributed by atoms with Crippen LogP contribution in [0.2, 0.25) is 0 Å². The largest absolute Gasteiger partial charge is 0.497 e. The van der Waals surface area contributed by atoms with E-state index >= 15 is 0 Å². The van der Waals surface area contributed by atoms with Crippen molar-refractivity contribution in [3.63, 3.8) is 0 Å². The van der Waals surface area contributed by atoms with Crippen molar-refractivity contribution in [1.82, 2.24) is 0 Å². The van der Waals surface area contributed by atoms with Gasteiger partial charge in [-0.15, -0.1) is 11.8 Å². The predicted molar refractivity (Wildman–Crippen MR) is 57.4 cm³/mol. The fraction of sp³-hybridized carbons (Fsp3) is 0.400. The van der Waals surface area contributed by atoms with Crippen molar-refractivity contribution in [2.75, 3.05) is 19.4 Å². The zero-order valence-electron chi connectivity index (χ0n) is 7.82. The van der Waals surface area contributed by atoms with Crippen molar-refractivity contribution in [3.8, 4) is 5.75 Å². The Hall–Kier alpha value is -0.670. The normalized spacial score (nSPS) is 10.0. The highest BCUT2D eigenvalue weighted by Gasteiger charge is 1.95. The van der Waals surface area contributed by atoms with Gasteiger partial charge in [-0.25, -0.2) is 0 Å². The molecule has 0 fully saturated rings. The molecule has 0 radical (unpaired) electrons. The maximum Gasteiger partial charge on any atom is 0.119 e. The Bertz CT molecular complexity index is 252. The summed E-state index contributed by atoms with van der Waals surface area (Å²) in [7, 11) is 1.68. The summed E-state index contributed by atoms with van der Waals surface area (Å²) in [6, 6.07) is 8.08. The Labute approximate surface area is 83.5 Å². The van der Waals surface area contributed by atoms with Crippen LogP contribution in [0.25, 0.3) is 0 Å². The molecule has 3 heteroatoms. The maximum absolute atomic E-state index is 5.41. The zero-order valence-corrected chi connectivity index (χ0v) is 8.64. The number of hydrogen-bond acceptors (Lipinski definition) is 3. The highest BCUT2D eigenvalue weighted by Crippen LogP contribution is 2.22. The topological polar surface area (TPSA) is 35.2 Å². The molecule has 0 unspecified atom stereocenters. The molecule has 0 aliphatic carbocycles. The van der Waals surface area contributed by atoms with Crippen molar-refractivity contribution in [2.45, 2.75) is 11.3 Å². The smallest absolute Gasteiger partial charge is 0.119 e. The van der Waals surface area contributed by atoms with Gasteiger partial charge in [0.2, 0.25) is 0 Å². The number of methoxy groups -OCH3 is 1. The first-order valence-corrected chi connectivity index (χ1v) is 5.32. The number of nitrogens with two attached hydrogens (primary N) is 1. The second kappa shape index (κ2) is 5.89. The first-order chi connectivity index (χ1) is 6.36. The van der Waals surface area contributed by atoms with Gasteiger partial charge in [0.1, 0.15) is 5.75 Å². The molecule has 2 N–H and O–H groups in total. The van der Waals surface area contributed by atoms with Gasteiger partial charge < -0.3 is 10.5 Å². The molecule has 0 saturated heterocycles.